The van der Waals surface area contributed by atoms with Crippen LogP contribution in [0, 0.1) is 6.92 Å². The second-order valence-electron chi connectivity index (χ2n) is 4.18. The smallest absolute Gasteiger partial charge is 0.0684 e. The molecule has 1 aromatic carbocycles. The molecule has 0 heterocycles. The molecule has 0 amide bonds. The summed E-state index contributed by atoms with van der Waals surface area (Å²) in [7, 11) is 2.12. The van der Waals surface area contributed by atoms with Crippen LogP contribution in [0.2, 0.25) is 0 Å². The molecule has 0 fully saturated rings. The Morgan fingerprint density at radius 2 is 2.12 bits per heavy atom. The van der Waals surface area contributed by atoms with Crippen LogP contribution in [0.1, 0.15) is 18.1 Å². The predicted octanol–water partition coefficient (Wildman–Crippen LogP) is 2.68. The van der Waals surface area contributed by atoms with Crippen LogP contribution < -0.4 is 4.90 Å². The lowest BCUT2D eigenvalue weighted by Crippen LogP contribution is -2.30. The number of aliphatic hydroxyl groups excluding tert-OH is 1. The summed E-state index contributed by atoms with van der Waals surface area (Å²) in [5.41, 5.74) is 3.38. The van der Waals surface area contributed by atoms with E-state index in [1.807, 2.05) is 24.8 Å². The number of nitrogens with zero attached hydrogens (tertiary/aromatic N) is 1. The maximum absolute atomic E-state index is 9.12. The van der Waals surface area contributed by atoms with Crippen LogP contribution in [0.5, 0.6) is 0 Å². The van der Waals surface area contributed by atoms with Gasteiger partial charge in [-0.15, -0.1) is 0 Å². The molecule has 1 N–H and O–H groups in total. The number of aliphatic hydroxyl groups is 1. The molecule has 0 bridgehead atoms. The molecule has 0 aliphatic carbocycles. The number of hydrogen-bond acceptors (Lipinski definition) is 3. The van der Waals surface area contributed by atoms with E-state index >= 15 is 0 Å². The fourth-order valence-corrected chi connectivity index (χ4v) is 2.39. The molecule has 0 saturated carbocycles. The number of rotatable bonds is 5. The molecule has 1 unspecified atom stereocenters. The van der Waals surface area contributed by atoms with Gasteiger partial charge in [-0.25, -0.2) is 0 Å². The molecule has 90 valence electrons. The van der Waals surface area contributed by atoms with Crippen LogP contribution in [0.25, 0.3) is 0 Å². The lowest BCUT2D eigenvalue weighted by atomic mass is 10.1. The Bertz CT molecular complexity index is 341. The van der Waals surface area contributed by atoms with Crippen molar-refractivity contribution in [3.8, 4) is 0 Å². The maximum atomic E-state index is 9.12. The molecule has 0 aliphatic heterocycles. The second kappa shape index (κ2) is 6.16. The van der Waals surface area contributed by atoms with Crippen molar-refractivity contribution in [1.29, 1.82) is 0 Å². The fraction of sp³-hybridized carbons (Fsp3) is 0.538. The summed E-state index contributed by atoms with van der Waals surface area (Å²) in [6.07, 6.45) is 2.13. The van der Waals surface area contributed by atoms with E-state index < -0.39 is 0 Å². The highest BCUT2D eigenvalue weighted by molar-refractivity contribution is 7.98. The molecule has 1 atom stereocenters. The van der Waals surface area contributed by atoms with Gasteiger partial charge in [-0.3, -0.25) is 0 Å². The molecule has 0 aromatic heterocycles. The Labute approximate surface area is 103 Å². The molecule has 0 saturated heterocycles. The zero-order valence-electron chi connectivity index (χ0n) is 10.5. The molecular weight excluding hydrogens is 218 g/mol. The Balaban J connectivity index is 2.84. The van der Waals surface area contributed by atoms with E-state index in [4.69, 9.17) is 5.11 Å². The molecule has 0 aliphatic rings. The molecule has 1 aromatic rings. The minimum atomic E-state index is 0.121. The zero-order valence-corrected chi connectivity index (χ0v) is 11.3. The molecule has 1 rings (SSSR count). The van der Waals surface area contributed by atoms with Crippen molar-refractivity contribution in [1.82, 2.24) is 0 Å². The van der Waals surface area contributed by atoms with E-state index in [0.717, 1.165) is 16.9 Å². The minimum Gasteiger partial charge on any atom is -0.392 e. The third-order valence-electron chi connectivity index (χ3n) is 2.97. The predicted molar refractivity (Wildman–Crippen MR) is 73.3 cm³/mol. The SMILES string of the molecule is CSCC(C)N(C)c1ccc(CO)c(C)c1. The van der Waals surface area contributed by atoms with Crippen molar-refractivity contribution in [2.75, 3.05) is 24.0 Å². The van der Waals surface area contributed by atoms with Crippen molar-refractivity contribution < 1.29 is 5.11 Å². The topological polar surface area (TPSA) is 23.5 Å². The first kappa shape index (κ1) is 13.4. The van der Waals surface area contributed by atoms with E-state index in [-0.39, 0.29) is 6.61 Å². The van der Waals surface area contributed by atoms with E-state index in [9.17, 15) is 0 Å². The van der Waals surface area contributed by atoms with E-state index in [1.54, 1.807) is 0 Å². The maximum Gasteiger partial charge on any atom is 0.0684 e. The molecule has 3 heteroatoms. The van der Waals surface area contributed by atoms with Crippen molar-refractivity contribution in [2.45, 2.75) is 26.5 Å². The molecule has 2 nitrogen and oxygen atoms in total. The molecular formula is C13H21NOS. The third-order valence-corrected chi connectivity index (χ3v) is 3.79. The van der Waals surface area contributed by atoms with Gasteiger partial charge >= 0.3 is 0 Å². The first-order valence-corrected chi connectivity index (χ1v) is 6.91. The summed E-state index contributed by atoms with van der Waals surface area (Å²) in [5, 5.41) is 9.12. The number of benzene rings is 1. The Kier molecular flexibility index (Phi) is 5.16. The summed E-state index contributed by atoms with van der Waals surface area (Å²) in [6.45, 7) is 4.39. The summed E-state index contributed by atoms with van der Waals surface area (Å²) in [5.74, 6) is 1.12. The quantitative estimate of drug-likeness (QED) is 0.854. The van der Waals surface area contributed by atoms with Crippen LogP contribution >= 0.6 is 11.8 Å². The van der Waals surface area contributed by atoms with Gasteiger partial charge in [0.1, 0.15) is 0 Å². The Hall–Kier alpha value is -0.670. The Morgan fingerprint density at radius 1 is 1.44 bits per heavy atom. The van der Waals surface area contributed by atoms with Crippen LogP contribution in [-0.2, 0) is 6.61 Å². The molecule has 0 spiro atoms. The monoisotopic (exact) mass is 239 g/mol. The standard InChI is InChI=1S/C13H21NOS/c1-10-7-13(6-5-12(10)8-15)14(3)11(2)9-16-4/h5-7,11,15H,8-9H2,1-4H3. The van der Waals surface area contributed by atoms with Gasteiger partial charge in [0.2, 0.25) is 0 Å². The van der Waals surface area contributed by atoms with Gasteiger partial charge in [0.05, 0.1) is 6.61 Å². The molecule has 16 heavy (non-hydrogen) atoms. The lowest BCUT2D eigenvalue weighted by molar-refractivity contribution is 0.281. The normalized spacial score (nSPS) is 12.6. The third kappa shape index (κ3) is 3.16. The van der Waals surface area contributed by atoms with Gasteiger partial charge < -0.3 is 10.0 Å². The van der Waals surface area contributed by atoms with Crippen LogP contribution in [-0.4, -0.2) is 30.2 Å². The summed E-state index contributed by atoms with van der Waals surface area (Å²) in [4.78, 5) is 2.28. The first-order valence-electron chi connectivity index (χ1n) is 5.52. The van der Waals surface area contributed by atoms with Gasteiger partial charge in [-0.2, -0.15) is 11.8 Å². The van der Waals surface area contributed by atoms with Crippen molar-refractivity contribution in [3.05, 3.63) is 29.3 Å². The summed E-state index contributed by atoms with van der Waals surface area (Å²) in [6, 6.07) is 6.75. The van der Waals surface area contributed by atoms with Crippen LogP contribution in [0.15, 0.2) is 18.2 Å². The van der Waals surface area contributed by atoms with Gasteiger partial charge in [0.15, 0.2) is 0 Å². The fourth-order valence-electron chi connectivity index (χ4n) is 1.68. The minimum absolute atomic E-state index is 0.121. The number of anilines is 1. The van der Waals surface area contributed by atoms with E-state index in [2.05, 4.69) is 37.3 Å². The van der Waals surface area contributed by atoms with Gasteiger partial charge in [0, 0.05) is 24.5 Å². The largest absolute Gasteiger partial charge is 0.392 e. The lowest BCUT2D eigenvalue weighted by Gasteiger charge is -2.27. The van der Waals surface area contributed by atoms with Crippen LogP contribution in [0.4, 0.5) is 5.69 Å². The van der Waals surface area contributed by atoms with E-state index in [0.29, 0.717) is 6.04 Å². The van der Waals surface area contributed by atoms with Crippen LogP contribution in [0.3, 0.4) is 0 Å². The second-order valence-corrected chi connectivity index (χ2v) is 5.09. The highest BCUT2D eigenvalue weighted by Crippen LogP contribution is 2.20. The summed E-state index contributed by atoms with van der Waals surface area (Å²) >= 11 is 1.86. The summed E-state index contributed by atoms with van der Waals surface area (Å²) < 4.78 is 0. The van der Waals surface area contributed by atoms with Crippen molar-refractivity contribution in [2.24, 2.45) is 0 Å². The average Bonchev–Trinajstić information content (AvgIpc) is 2.28. The number of thioether (sulfide) groups is 1. The van der Waals surface area contributed by atoms with Gasteiger partial charge in [-0.1, -0.05) is 6.07 Å². The van der Waals surface area contributed by atoms with Gasteiger partial charge in [-0.05, 0) is 43.4 Å². The average molecular weight is 239 g/mol. The molecule has 0 radical (unpaired) electrons. The highest BCUT2D eigenvalue weighted by Gasteiger charge is 2.10. The van der Waals surface area contributed by atoms with Crippen molar-refractivity contribution in [3.63, 3.8) is 0 Å². The Morgan fingerprint density at radius 3 is 2.62 bits per heavy atom. The van der Waals surface area contributed by atoms with Gasteiger partial charge in [0.25, 0.3) is 0 Å². The number of aryl methyl sites for hydroxylation is 1. The highest BCUT2D eigenvalue weighted by atomic mass is 32.2. The zero-order chi connectivity index (χ0) is 12.1. The first-order chi connectivity index (χ1) is 7.60. The number of hydrogen-bond donors (Lipinski definition) is 1. The van der Waals surface area contributed by atoms with E-state index in [1.165, 1.54) is 5.69 Å². The van der Waals surface area contributed by atoms with Crippen molar-refractivity contribution >= 4 is 17.4 Å².